The van der Waals surface area contributed by atoms with Crippen molar-refractivity contribution in [2.24, 2.45) is 5.92 Å². The number of ether oxygens (including phenoxy) is 2. The van der Waals surface area contributed by atoms with Gasteiger partial charge in [0, 0.05) is 12.0 Å². The molecule has 0 aromatic heterocycles. The minimum Gasteiger partial charge on any atom is -0.497 e. The van der Waals surface area contributed by atoms with Gasteiger partial charge in [-0.1, -0.05) is 12.8 Å². The van der Waals surface area contributed by atoms with Crippen LogP contribution in [0.4, 0.5) is 0 Å². The Morgan fingerprint density at radius 3 is 2.86 bits per heavy atom. The molecule has 1 aromatic rings. The molecule has 1 saturated carbocycles. The van der Waals surface area contributed by atoms with Crippen molar-refractivity contribution in [1.82, 2.24) is 5.32 Å². The molecule has 22 heavy (non-hydrogen) atoms. The van der Waals surface area contributed by atoms with Gasteiger partial charge in [0.15, 0.2) is 0 Å². The molecule has 0 bridgehead atoms. The Labute approximate surface area is 132 Å². The van der Waals surface area contributed by atoms with Crippen LogP contribution in [0.5, 0.6) is 11.5 Å². The fourth-order valence-electron chi connectivity index (χ4n) is 4.24. The third kappa shape index (κ3) is 2.95. The molecule has 3 rings (SSSR count). The van der Waals surface area contributed by atoms with Crippen LogP contribution in [0.3, 0.4) is 0 Å². The van der Waals surface area contributed by atoms with Crippen LogP contribution in [0.25, 0.3) is 0 Å². The molecular weight excluding hydrogens is 278 g/mol. The van der Waals surface area contributed by atoms with E-state index < -0.39 is 5.60 Å². The van der Waals surface area contributed by atoms with Crippen molar-refractivity contribution in [1.29, 1.82) is 0 Å². The second kappa shape index (κ2) is 6.47. The van der Waals surface area contributed by atoms with Gasteiger partial charge in [0.25, 0.3) is 0 Å². The SMILES string of the molecule is COc1ccc(OC)c(CC2NCCC3(O)CCCCC23)c1. The van der Waals surface area contributed by atoms with E-state index in [0.717, 1.165) is 55.7 Å². The first-order valence-electron chi connectivity index (χ1n) is 8.33. The Hall–Kier alpha value is -1.26. The monoisotopic (exact) mass is 305 g/mol. The number of fused-ring (bicyclic) bond motifs is 1. The molecule has 1 aromatic carbocycles. The molecule has 1 saturated heterocycles. The highest BCUT2D eigenvalue weighted by molar-refractivity contribution is 5.41. The average Bonchev–Trinajstić information content (AvgIpc) is 2.54. The summed E-state index contributed by atoms with van der Waals surface area (Å²) in [6.45, 7) is 0.893. The Morgan fingerprint density at radius 2 is 2.09 bits per heavy atom. The molecule has 3 atom stereocenters. The third-order valence-electron chi connectivity index (χ3n) is 5.44. The zero-order chi connectivity index (χ0) is 15.6. The number of hydrogen-bond donors (Lipinski definition) is 2. The molecule has 4 nitrogen and oxygen atoms in total. The van der Waals surface area contributed by atoms with E-state index in [-0.39, 0.29) is 0 Å². The molecule has 1 aliphatic carbocycles. The quantitative estimate of drug-likeness (QED) is 0.897. The van der Waals surface area contributed by atoms with Gasteiger partial charge in [-0.15, -0.1) is 0 Å². The molecule has 0 radical (unpaired) electrons. The van der Waals surface area contributed by atoms with Gasteiger partial charge in [0.1, 0.15) is 11.5 Å². The van der Waals surface area contributed by atoms with Gasteiger partial charge in [-0.05, 0) is 56.0 Å². The Morgan fingerprint density at radius 1 is 1.23 bits per heavy atom. The van der Waals surface area contributed by atoms with Crippen molar-refractivity contribution in [3.8, 4) is 11.5 Å². The first-order chi connectivity index (χ1) is 10.7. The van der Waals surface area contributed by atoms with E-state index in [1.54, 1.807) is 14.2 Å². The highest BCUT2D eigenvalue weighted by atomic mass is 16.5. The Balaban J connectivity index is 1.82. The molecule has 0 spiro atoms. The molecular formula is C18H27NO3. The highest BCUT2D eigenvalue weighted by Gasteiger charge is 2.45. The molecule has 1 aliphatic heterocycles. The van der Waals surface area contributed by atoms with E-state index in [0.29, 0.717) is 12.0 Å². The number of piperidine rings is 1. The summed E-state index contributed by atoms with van der Waals surface area (Å²) in [5, 5.41) is 14.6. The second-order valence-corrected chi connectivity index (χ2v) is 6.65. The summed E-state index contributed by atoms with van der Waals surface area (Å²) in [7, 11) is 3.39. The predicted molar refractivity (Wildman–Crippen MR) is 86.6 cm³/mol. The van der Waals surface area contributed by atoms with Crippen molar-refractivity contribution in [2.45, 2.75) is 50.2 Å². The van der Waals surface area contributed by atoms with Gasteiger partial charge in [0.2, 0.25) is 0 Å². The van der Waals surface area contributed by atoms with E-state index >= 15 is 0 Å². The van der Waals surface area contributed by atoms with Crippen LogP contribution in [0.1, 0.15) is 37.7 Å². The number of benzene rings is 1. The number of nitrogens with one attached hydrogen (secondary N) is 1. The summed E-state index contributed by atoms with van der Waals surface area (Å²) >= 11 is 0. The number of hydrogen-bond acceptors (Lipinski definition) is 4. The fraction of sp³-hybridized carbons (Fsp3) is 0.667. The Bertz CT molecular complexity index is 515. The predicted octanol–water partition coefficient (Wildman–Crippen LogP) is 2.53. The maximum absolute atomic E-state index is 11.0. The van der Waals surface area contributed by atoms with E-state index in [4.69, 9.17) is 9.47 Å². The lowest BCUT2D eigenvalue weighted by atomic mass is 9.67. The Kier molecular flexibility index (Phi) is 4.59. The van der Waals surface area contributed by atoms with E-state index in [1.165, 1.54) is 6.42 Å². The van der Waals surface area contributed by atoms with Crippen LogP contribution < -0.4 is 14.8 Å². The summed E-state index contributed by atoms with van der Waals surface area (Å²) in [6, 6.07) is 6.24. The first kappa shape index (κ1) is 15.6. The summed E-state index contributed by atoms with van der Waals surface area (Å²) in [6.07, 6.45) is 6.19. The minimum atomic E-state index is -0.472. The van der Waals surface area contributed by atoms with E-state index in [9.17, 15) is 5.11 Å². The standard InChI is InChI=1S/C18H27NO3/c1-21-14-6-7-17(22-2)13(11-14)12-16-15-5-3-4-8-18(15,20)9-10-19-16/h6-7,11,15-16,19-20H,3-5,8-10,12H2,1-2H3. The van der Waals surface area contributed by atoms with E-state index in [2.05, 4.69) is 11.4 Å². The van der Waals surface area contributed by atoms with Gasteiger partial charge in [-0.3, -0.25) is 0 Å². The number of aliphatic hydroxyl groups is 1. The first-order valence-corrected chi connectivity index (χ1v) is 8.33. The summed E-state index contributed by atoms with van der Waals surface area (Å²) in [5.74, 6) is 2.09. The summed E-state index contributed by atoms with van der Waals surface area (Å²) in [4.78, 5) is 0. The van der Waals surface area contributed by atoms with Gasteiger partial charge in [0.05, 0.1) is 19.8 Å². The van der Waals surface area contributed by atoms with Crippen LogP contribution in [-0.2, 0) is 6.42 Å². The van der Waals surface area contributed by atoms with Crippen molar-refractivity contribution < 1.29 is 14.6 Å². The molecule has 2 fully saturated rings. The summed E-state index contributed by atoms with van der Waals surface area (Å²) < 4.78 is 10.8. The zero-order valence-electron chi connectivity index (χ0n) is 13.6. The van der Waals surface area contributed by atoms with Crippen molar-refractivity contribution in [3.63, 3.8) is 0 Å². The van der Waals surface area contributed by atoms with Crippen LogP contribution in [0.15, 0.2) is 18.2 Å². The minimum absolute atomic E-state index is 0.306. The molecule has 122 valence electrons. The lowest BCUT2D eigenvalue weighted by Crippen LogP contribution is -2.58. The van der Waals surface area contributed by atoms with Crippen LogP contribution >= 0.6 is 0 Å². The van der Waals surface area contributed by atoms with Crippen molar-refractivity contribution >= 4 is 0 Å². The summed E-state index contributed by atoms with van der Waals surface area (Å²) in [5.41, 5.74) is 0.675. The van der Waals surface area contributed by atoms with Gasteiger partial charge < -0.3 is 19.9 Å². The average molecular weight is 305 g/mol. The largest absolute Gasteiger partial charge is 0.497 e. The fourth-order valence-corrected chi connectivity index (χ4v) is 4.24. The number of methoxy groups -OCH3 is 2. The zero-order valence-corrected chi connectivity index (χ0v) is 13.6. The lowest BCUT2D eigenvalue weighted by Gasteiger charge is -2.48. The van der Waals surface area contributed by atoms with Crippen molar-refractivity contribution in [2.75, 3.05) is 20.8 Å². The topological polar surface area (TPSA) is 50.7 Å². The third-order valence-corrected chi connectivity index (χ3v) is 5.44. The van der Waals surface area contributed by atoms with Gasteiger partial charge in [-0.25, -0.2) is 0 Å². The van der Waals surface area contributed by atoms with Crippen LogP contribution in [0.2, 0.25) is 0 Å². The van der Waals surface area contributed by atoms with Crippen LogP contribution in [-0.4, -0.2) is 37.5 Å². The highest BCUT2D eigenvalue weighted by Crippen LogP contribution is 2.41. The van der Waals surface area contributed by atoms with Crippen molar-refractivity contribution in [3.05, 3.63) is 23.8 Å². The van der Waals surface area contributed by atoms with Crippen LogP contribution in [0, 0.1) is 5.92 Å². The van der Waals surface area contributed by atoms with E-state index in [1.807, 2.05) is 12.1 Å². The second-order valence-electron chi connectivity index (χ2n) is 6.65. The number of rotatable bonds is 4. The molecule has 2 aliphatic rings. The molecule has 2 N–H and O–H groups in total. The molecule has 0 amide bonds. The lowest BCUT2D eigenvalue weighted by molar-refractivity contribution is -0.0851. The maximum Gasteiger partial charge on any atom is 0.122 e. The van der Waals surface area contributed by atoms with Gasteiger partial charge >= 0.3 is 0 Å². The normalized spacial score (nSPS) is 31.4. The smallest absolute Gasteiger partial charge is 0.122 e. The molecule has 1 heterocycles. The molecule has 4 heteroatoms. The van der Waals surface area contributed by atoms with Gasteiger partial charge in [-0.2, -0.15) is 0 Å². The maximum atomic E-state index is 11.0. The molecule has 3 unspecified atom stereocenters.